The first-order valence-electron chi connectivity index (χ1n) is 7.43. The first-order valence-corrected chi connectivity index (χ1v) is 7.81. The minimum absolute atomic E-state index is 0.123. The Morgan fingerprint density at radius 3 is 2.04 bits per heavy atom. The monoisotopic (exact) mass is 385 g/mol. The molecular formula is C17H15ClF3N3O2. The first kappa shape index (κ1) is 19.6. The molecule has 2 aromatic rings. The second-order valence-electron chi connectivity index (χ2n) is 5.35. The number of anilines is 3. The molecule has 2 rings (SSSR count). The van der Waals surface area contributed by atoms with E-state index in [0.717, 1.165) is 12.1 Å². The van der Waals surface area contributed by atoms with Gasteiger partial charge in [-0.1, -0.05) is 11.6 Å². The van der Waals surface area contributed by atoms with Gasteiger partial charge < -0.3 is 16.0 Å². The molecule has 0 bridgehead atoms. The number of nitrogens with one attached hydrogen (secondary N) is 3. The Morgan fingerprint density at radius 2 is 1.50 bits per heavy atom. The van der Waals surface area contributed by atoms with Crippen LogP contribution in [-0.2, 0) is 15.8 Å². The number of hydrogen-bond donors (Lipinski definition) is 3. The van der Waals surface area contributed by atoms with Crippen LogP contribution in [0.2, 0.25) is 5.02 Å². The Labute approximate surface area is 152 Å². The molecule has 0 aliphatic carbocycles. The molecule has 0 unspecified atom stereocenters. The van der Waals surface area contributed by atoms with E-state index in [1.54, 1.807) is 24.3 Å². The summed E-state index contributed by atoms with van der Waals surface area (Å²) < 4.78 is 38.4. The lowest BCUT2D eigenvalue weighted by molar-refractivity contribution is -0.137. The van der Waals surface area contributed by atoms with Crippen molar-refractivity contribution in [1.29, 1.82) is 0 Å². The summed E-state index contributed by atoms with van der Waals surface area (Å²) in [7, 11) is 0. The van der Waals surface area contributed by atoms with Gasteiger partial charge in [-0.25, -0.2) is 0 Å². The summed E-state index contributed by atoms with van der Waals surface area (Å²) in [6, 6.07) is 9.72. The topological polar surface area (TPSA) is 70.2 Å². The van der Waals surface area contributed by atoms with Crippen LogP contribution in [0.15, 0.2) is 42.5 Å². The summed E-state index contributed by atoms with van der Waals surface area (Å²) in [5, 5.41) is 7.38. The fourth-order valence-corrected chi connectivity index (χ4v) is 2.30. The van der Waals surface area contributed by atoms with E-state index in [4.69, 9.17) is 11.6 Å². The molecule has 0 atom stereocenters. The van der Waals surface area contributed by atoms with Crippen molar-refractivity contribution in [3.63, 3.8) is 0 Å². The molecule has 9 heteroatoms. The van der Waals surface area contributed by atoms with Gasteiger partial charge in [-0.05, 0) is 42.5 Å². The number of hydrogen-bond acceptors (Lipinski definition) is 3. The van der Waals surface area contributed by atoms with Crippen molar-refractivity contribution in [3.05, 3.63) is 53.1 Å². The maximum absolute atomic E-state index is 12.8. The summed E-state index contributed by atoms with van der Waals surface area (Å²) in [6.45, 7) is 1.15. The van der Waals surface area contributed by atoms with E-state index in [1.165, 1.54) is 13.0 Å². The van der Waals surface area contributed by atoms with Crippen LogP contribution in [0.25, 0.3) is 0 Å². The van der Waals surface area contributed by atoms with Crippen molar-refractivity contribution in [3.8, 4) is 0 Å². The fourth-order valence-electron chi connectivity index (χ4n) is 2.08. The first-order chi connectivity index (χ1) is 12.1. The molecule has 0 heterocycles. The van der Waals surface area contributed by atoms with Gasteiger partial charge in [-0.15, -0.1) is 0 Å². The number of rotatable bonds is 5. The van der Waals surface area contributed by atoms with Crippen molar-refractivity contribution in [2.24, 2.45) is 0 Å². The second kappa shape index (κ2) is 8.09. The Morgan fingerprint density at radius 1 is 0.962 bits per heavy atom. The smallest absolute Gasteiger partial charge is 0.376 e. The summed E-state index contributed by atoms with van der Waals surface area (Å²) in [5.41, 5.74) is 0.212. The predicted octanol–water partition coefficient (Wildman–Crippen LogP) is 4.37. The van der Waals surface area contributed by atoms with Crippen LogP contribution in [0.3, 0.4) is 0 Å². The van der Waals surface area contributed by atoms with E-state index in [1.807, 2.05) is 0 Å². The Hall–Kier alpha value is -2.74. The van der Waals surface area contributed by atoms with Gasteiger partial charge >= 0.3 is 6.18 Å². The third-order valence-corrected chi connectivity index (χ3v) is 3.54. The van der Waals surface area contributed by atoms with Crippen molar-refractivity contribution in [2.45, 2.75) is 13.1 Å². The molecule has 5 nitrogen and oxygen atoms in total. The number of benzene rings is 2. The molecule has 26 heavy (non-hydrogen) atoms. The van der Waals surface area contributed by atoms with E-state index in [-0.39, 0.29) is 18.1 Å². The van der Waals surface area contributed by atoms with Gasteiger partial charge in [0.15, 0.2) is 0 Å². The highest BCUT2D eigenvalue weighted by atomic mass is 35.5. The van der Waals surface area contributed by atoms with Gasteiger partial charge in [0, 0.05) is 24.0 Å². The van der Waals surface area contributed by atoms with E-state index >= 15 is 0 Å². The SMILES string of the molecule is CC(=O)Nc1ccc(NC(=O)CNc2ccc(Cl)c(C(F)(F)F)c2)cc1. The second-order valence-corrected chi connectivity index (χ2v) is 5.76. The zero-order valence-electron chi connectivity index (χ0n) is 13.6. The number of carbonyl (C=O) groups is 2. The largest absolute Gasteiger partial charge is 0.417 e. The summed E-state index contributed by atoms with van der Waals surface area (Å²) in [6.07, 6.45) is -4.58. The molecule has 2 amide bonds. The van der Waals surface area contributed by atoms with Crippen LogP contribution >= 0.6 is 11.6 Å². The average molecular weight is 386 g/mol. The quantitative estimate of drug-likeness (QED) is 0.716. The number of amides is 2. The molecule has 138 valence electrons. The summed E-state index contributed by atoms with van der Waals surface area (Å²) in [4.78, 5) is 22.8. The predicted molar refractivity (Wildman–Crippen MR) is 94.3 cm³/mol. The van der Waals surface area contributed by atoms with Gasteiger partial charge in [0.05, 0.1) is 17.1 Å². The lowest BCUT2D eigenvalue weighted by atomic mass is 10.2. The van der Waals surface area contributed by atoms with Crippen molar-refractivity contribution in [2.75, 3.05) is 22.5 Å². The van der Waals surface area contributed by atoms with Crippen molar-refractivity contribution >= 4 is 40.5 Å². The van der Waals surface area contributed by atoms with Crippen LogP contribution < -0.4 is 16.0 Å². The normalized spacial score (nSPS) is 11.0. The minimum Gasteiger partial charge on any atom is -0.376 e. The Kier molecular flexibility index (Phi) is 6.10. The lowest BCUT2D eigenvalue weighted by Crippen LogP contribution is -2.22. The Balaban J connectivity index is 1.94. The minimum atomic E-state index is -4.58. The van der Waals surface area contributed by atoms with Crippen molar-refractivity contribution < 1.29 is 22.8 Å². The number of halogens is 4. The van der Waals surface area contributed by atoms with E-state index in [9.17, 15) is 22.8 Å². The highest BCUT2D eigenvalue weighted by molar-refractivity contribution is 6.31. The molecule has 0 fully saturated rings. The highest BCUT2D eigenvalue weighted by Gasteiger charge is 2.33. The molecule has 3 N–H and O–H groups in total. The van der Waals surface area contributed by atoms with Crippen LogP contribution in [0.5, 0.6) is 0 Å². The molecule has 2 aromatic carbocycles. The standard InChI is InChI=1S/C17H15ClF3N3O2/c1-10(25)23-11-2-4-12(5-3-11)24-16(26)9-22-13-6-7-15(18)14(8-13)17(19,20)21/h2-8,22H,9H2,1H3,(H,23,25)(H,24,26). The van der Waals surface area contributed by atoms with Gasteiger partial charge in [0.25, 0.3) is 0 Å². The Bertz CT molecular complexity index is 808. The third-order valence-electron chi connectivity index (χ3n) is 3.21. The van der Waals surface area contributed by atoms with Gasteiger partial charge in [-0.3, -0.25) is 9.59 Å². The maximum Gasteiger partial charge on any atom is 0.417 e. The van der Waals surface area contributed by atoms with Crippen LogP contribution in [0.1, 0.15) is 12.5 Å². The lowest BCUT2D eigenvalue weighted by Gasteiger charge is -2.12. The fraction of sp³-hybridized carbons (Fsp3) is 0.176. The van der Waals surface area contributed by atoms with Crippen molar-refractivity contribution in [1.82, 2.24) is 0 Å². The molecule has 0 saturated carbocycles. The molecule has 0 aliphatic heterocycles. The molecular weight excluding hydrogens is 371 g/mol. The zero-order valence-corrected chi connectivity index (χ0v) is 14.3. The van der Waals surface area contributed by atoms with E-state index < -0.39 is 22.7 Å². The molecule has 0 radical (unpaired) electrons. The van der Waals surface area contributed by atoms with Crippen LogP contribution in [0, 0.1) is 0 Å². The number of alkyl halides is 3. The van der Waals surface area contributed by atoms with Crippen LogP contribution in [0.4, 0.5) is 30.2 Å². The average Bonchev–Trinajstić information content (AvgIpc) is 2.54. The molecule has 0 saturated heterocycles. The van der Waals surface area contributed by atoms with Gasteiger partial charge in [0.2, 0.25) is 11.8 Å². The van der Waals surface area contributed by atoms with Gasteiger partial charge in [-0.2, -0.15) is 13.2 Å². The number of carbonyl (C=O) groups excluding carboxylic acids is 2. The highest BCUT2D eigenvalue weighted by Crippen LogP contribution is 2.36. The van der Waals surface area contributed by atoms with Crippen LogP contribution in [-0.4, -0.2) is 18.4 Å². The van der Waals surface area contributed by atoms with E-state index in [2.05, 4.69) is 16.0 Å². The zero-order chi connectivity index (χ0) is 19.3. The molecule has 0 aromatic heterocycles. The molecule has 0 aliphatic rings. The third kappa shape index (κ3) is 5.66. The summed E-state index contributed by atoms with van der Waals surface area (Å²) in [5.74, 6) is -0.659. The van der Waals surface area contributed by atoms with Gasteiger partial charge in [0.1, 0.15) is 0 Å². The summed E-state index contributed by atoms with van der Waals surface area (Å²) >= 11 is 5.54. The van der Waals surface area contributed by atoms with E-state index in [0.29, 0.717) is 11.4 Å². The molecule has 0 spiro atoms. The maximum atomic E-state index is 12.8.